The maximum Gasteiger partial charge on any atom is 0.226 e. The highest BCUT2D eigenvalue weighted by atomic mass is 16.5. The number of rotatable bonds is 8. The number of hydrogen-bond donors (Lipinski definition) is 0. The minimum atomic E-state index is -0.0373. The van der Waals surface area contributed by atoms with E-state index in [1.54, 1.807) is 16.8 Å². The molecular formula is C23H31N5O3. The Bertz CT molecular complexity index is 947. The van der Waals surface area contributed by atoms with E-state index in [0.29, 0.717) is 31.9 Å². The average molecular weight is 426 g/mol. The van der Waals surface area contributed by atoms with Crippen LogP contribution in [-0.4, -0.2) is 72.9 Å². The molecule has 1 aromatic carbocycles. The molecule has 2 amide bonds. The number of nitrogens with zero attached hydrogens (tertiary/aromatic N) is 5. The van der Waals surface area contributed by atoms with E-state index in [9.17, 15) is 9.59 Å². The van der Waals surface area contributed by atoms with Crippen LogP contribution in [0, 0.1) is 6.92 Å². The van der Waals surface area contributed by atoms with Crippen LogP contribution in [0.4, 0.5) is 5.82 Å². The van der Waals surface area contributed by atoms with Gasteiger partial charge < -0.3 is 19.4 Å². The highest BCUT2D eigenvalue weighted by Gasteiger charge is 2.30. The fourth-order valence-electron chi connectivity index (χ4n) is 3.53. The first-order valence-electron chi connectivity index (χ1n) is 10.5. The highest BCUT2D eigenvalue weighted by molar-refractivity contribution is 5.79. The van der Waals surface area contributed by atoms with Crippen LogP contribution < -0.4 is 9.64 Å². The Hall–Kier alpha value is -3.16. The third-order valence-corrected chi connectivity index (χ3v) is 5.47. The molecule has 1 atom stereocenters. The van der Waals surface area contributed by atoms with Crippen molar-refractivity contribution in [1.29, 1.82) is 0 Å². The zero-order valence-electron chi connectivity index (χ0n) is 19.0. The van der Waals surface area contributed by atoms with Gasteiger partial charge in [0.15, 0.2) is 0 Å². The van der Waals surface area contributed by atoms with Crippen molar-refractivity contribution in [3.8, 4) is 5.75 Å². The van der Waals surface area contributed by atoms with Crippen molar-refractivity contribution in [2.75, 3.05) is 46.2 Å². The summed E-state index contributed by atoms with van der Waals surface area (Å²) in [7, 11) is 7.39. The minimum absolute atomic E-state index is 0.0373. The van der Waals surface area contributed by atoms with Crippen molar-refractivity contribution < 1.29 is 14.3 Å². The zero-order valence-corrected chi connectivity index (χ0v) is 19.0. The molecular weight excluding hydrogens is 394 g/mol. The van der Waals surface area contributed by atoms with Gasteiger partial charge in [-0.2, -0.15) is 0 Å². The Morgan fingerprint density at radius 1 is 1.23 bits per heavy atom. The summed E-state index contributed by atoms with van der Waals surface area (Å²) in [5, 5.41) is 0. The minimum Gasteiger partial charge on any atom is -0.493 e. The second-order valence-corrected chi connectivity index (χ2v) is 8.25. The number of carbonyl (C=O) groups excluding carboxylic acids is 2. The number of aromatic nitrogens is 2. The molecule has 166 valence electrons. The molecule has 1 aromatic heterocycles. The maximum absolute atomic E-state index is 12.6. The van der Waals surface area contributed by atoms with Crippen molar-refractivity contribution in [3.63, 3.8) is 0 Å². The van der Waals surface area contributed by atoms with Crippen molar-refractivity contribution in [3.05, 3.63) is 47.4 Å². The number of ether oxygens (including phenoxy) is 1. The summed E-state index contributed by atoms with van der Waals surface area (Å²) < 4.78 is 5.74. The van der Waals surface area contributed by atoms with E-state index < -0.39 is 0 Å². The summed E-state index contributed by atoms with van der Waals surface area (Å²) in [4.78, 5) is 39.1. The molecule has 0 radical (unpaired) electrons. The molecule has 2 aromatic rings. The van der Waals surface area contributed by atoms with Gasteiger partial charge in [-0.25, -0.2) is 9.97 Å². The molecule has 0 spiro atoms. The lowest BCUT2D eigenvalue weighted by atomic mass is 10.0. The van der Waals surface area contributed by atoms with Crippen LogP contribution in [0.15, 0.2) is 30.3 Å². The molecule has 1 saturated heterocycles. The van der Waals surface area contributed by atoms with E-state index in [0.717, 1.165) is 22.8 Å². The molecule has 0 aliphatic carbocycles. The molecule has 3 rings (SSSR count). The Morgan fingerprint density at radius 2 is 1.97 bits per heavy atom. The predicted molar refractivity (Wildman–Crippen MR) is 119 cm³/mol. The standard InChI is InChI=1S/C23H31N5O3/c1-16-8-6-7-9-19(16)31-11-10-22(29)28(5)15-20-24-18(13-21(25-20)26(2)3)17-12-23(30)27(4)14-17/h6-9,13,17H,10-12,14-15H2,1-5H3/t17-/m1/s1. The maximum atomic E-state index is 12.6. The summed E-state index contributed by atoms with van der Waals surface area (Å²) >= 11 is 0. The van der Waals surface area contributed by atoms with Gasteiger partial charge in [-0.1, -0.05) is 18.2 Å². The Balaban J connectivity index is 1.64. The molecule has 8 heteroatoms. The van der Waals surface area contributed by atoms with Crippen LogP contribution in [-0.2, 0) is 16.1 Å². The van der Waals surface area contributed by atoms with Crippen LogP contribution in [0.2, 0.25) is 0 Å². The lowest BCUT2D eigenvalue weighted by Crippen LogP contribution is -2.29. The van der Waals surface area contributed by atoms with Gasteiger partial charge in [0.25, 0.3) is 0 Å². The number of likely N-dealkylation sites (tertiary alicyclic amines) is 1. The normalized spacial score (nSPS) is 15.8. The number of hydrogen-bond acceptors (Lipinski definition) is 6. The topological polar surface area (TPSA) is 78.9 Å². The van der Waals surface area contributed by atoms with Gasteiger partial charge in [-0.15, -0.1) is 0 Å². The largest absolute Gasteiger partial charge is 0.493 e. The SMILES string of the molecule is Cc1ccccc1OCCC(=O)N(C)Cc1nc([C@@H]2CC(=O)N(C)C2)cc(N(C)C)n1. The molecule has 0 unspecified atom stereocenters. The van der Waals surface area contributed by atoms with Gasteiger partial charge in [0.1, 0.15) is 17.4 Å². The number of anilines is 1. The van der Waals surface area contributed by atoms with E-state index in [1.807, 2.05) is 63.3 Å². The number of amides is 2. The average Bonchev–Trinajstić information content (AvgIpc) is 3.07. The third kappa shape index (κ3) is 5.71. The van der Waals surface area contributed by atoms with Gasteiger partial charge in [0.2, 0.25) is 11.8 Å². The first-order chi connectivity index (χ1) is 14.7. The molecule has 1 fully saturated rings. The number of aryl methyl sites for hydroxylation is 1. The monoisotopic (exact) mass is 425 g/mol. The fourth-order valence-corrected chi connectivity index (χ4v) is 3.53. The molecule has 1 aliphatic heterocycles. The van der Waals surface area contributed by atoms with Crippen molar-refractivity contribution in [2.45, 2.75) is 32.2 Å². The van der Waals surface area contributed by atoms with Crippen molar-refractivity contribution in [1.82, 2.24) is 19.8 Å². The highest BCUT2D eigenvalue weighted by Crippen LogP contribution is 2.27. The molecule has 1 aliphatic rings. The van der Waals surface area contributed by atoms with Crippen molar-refractivity contribution >= 4 is 17.6 Å². The summed E-state index contributed by atoms with van der Waals surface area (Å²) in [6.45, 7) is 3.24. The smallest absolute Gasteiger partial charge is 0.226 e. The summed E-state index contributed by atoms with van der Waals surface area (Å²) in [5.41, 5.74) is 1.89. The first kappa shape index (κ1) is 22.5. The van der Waals surface area contributed by atoms with Crippen molar-refractivity contribution in [2.24, 2.45) is 0 Å². The second-order valence-electron chi connectivity index (χ2n) is 8.25. The number of para-hydroxylation sites is 1. The van der Waals surface area contributed by atoms with E-state index >= 15 is 0 Å². The molecule has 0 bridgehead atoms. The van der Waals surface area contributed by atoms with Gasteiger partial charge >= 0.3 is 0 Å². The first-order valence-corrected chi connectivity index (χ1v) is 10.5. The van der Waals surface area contributed by atoms with Crippen LogP contribution in [0.3, 0.4) is 0 Å². The predicted octanol–water partition coefficient (Wildman–Crippen LogP) is 2.22. The second kappa shape index (κ2) is 9.76. The summed E-state index contributed by atoms with van der Waals surface area (Å²) in [5.74, 6) is 2.26. The lowest BCUT2D eigenvalue weighted by Gasteiger charge is -2.20. The van der Waals surface area contributed by atoms with Gasteiger partial charge in [0.05, 0.1) is 25.3 Å². The Morgan fingerprint density at radius 3 is 2.61 bits per heavy atom. The quantitative estimate of drug-likeness (QED) is 0.645. The van der Waals surface area contributed by atoms with Crippen LogP contribution in [0.5, 0.6) is 5.75 Å². The summed E-state index contributed by atoms with van der Waals surface area (Å²) in [6, 6.07) is 9.68. The van der Waals surface area contributed by atoms with E-state index in [-0.39, 0.29) is 24.2 Å². The zero-order chi connectivity index (χ0) is 22.5. The Labute approximate surface area is 183 Å². The third-order valence-electron chi connectivity index (χ3n) is 5.47. The Kier molecular flexibility index (Phi) is 7.09. The molecule has 31 heavy (non-hydrogen) atoms. The molecule has 8 nitrogen and oxygen atoms in total. The van der Waals surface area contributed by atoms with E-state index in [4.69, 9.17) is 4.74 Å². The van der Waals surface area contributed by atoms with Crippen LogP contribution in [0.1, 0.15) is 35.8 Å². The molecule has 2 heterocycles. The van der Waals surface area contributed by atoms with E-state index in [1.165, 1.54) is 0 Å². The number of benzene rings is 1. The molecule has 0 saturated carbocycles. The van der Waals surface area contributed by atoms with Crippen LogP contribution >= 0.6 is 0 Å². The van der Waals surface area contributed by atoms with Gasteiger partial charge in [-0.05, 0) is 18.6 Å². The summed E-state index contributed by atoms with van der Waals surface area (Å²) in [6.07, 6.45) is 0.720. The van der Waals surface area contributed by atoms with Gasteiger partial charge in [0, 0.05) is 53.1 Å². The lowest BCUT2D eigenvalue weighted by molar-refractivity contribution is -0.131. The van der Waals surface area contributed by atoms with E-state index in [2.05, 4.69) is 9.97 Å². The molecule has 0 N–H and O–H groups in total. The fraction of sp³-hybridized carbons (Fsp3) is 0.478. The number of likely N-dealkylation sites (N-methyl/N-ethyl adjacent to an activating group) is 1. The van der Waals surface area contributed by atoms with Gasteiger partial charge in [-0.3, -0.25) is 9.59 Å². The van der Waals surface area contributed by atoms with Crippen LogP contribution in [0.25, 0.3) is 0 Å². The number of carbonyl (C=O) groups is 2.